The van der Waals surface area contributed by atoms with Crippen molar-refractivity contribution in [1.29, 1.82) is 0 Å². The molecule has 0 atom stereocenters. The predicted octanol–water partition coefficient (Wildman–Crippen LogP) is 3.80. The zero-order chi connectivity index (χ0) is 18.4. The van der Waals surface area contributed by atoms with Crippen LogP contribution in [0, 0.1) is 5.92 Å². The Balaban J connectivity index is 1.61. The van der Waals surface area contributed by atoms with Crippen molar-refractivity contribution in [3.8, 4) is 11.6 Å². The number of ether oxygens (including phenoxy) is 3. The number of pyridine rings is 1. The topological polar surface area (TPSA) is 69.7 Å². The quantitative estimate of drug-likeness (QED) is 0.830. The molecule has 1 aliphatic heterocycles. The van der Waals surface area contributed by atoms with E-state index in [1.54, 1.807) is 36.5 Å². The normalized spacial score (nSPS) is 14.7. The monoisotopic (exact) mass is 376 g/mol. The standard InChI is InChI=1S/C19H21ClN2O4/c1-24-17-3-2-15(11-16(17)20)22-19(23)14-4-7-21-18(10-14)26-12-13-5-8-25-9-6-13/h2-4,7,10-11,13H,5-6,8-9,12H2,1H3,(H,22,23). The third kappa shape index (κ3) is 4.86. The summed E-state index contributed by atoms with van der Waals surface area (Å²) in [4.78, 5) is 16.6. The lowest BCUT2D eigenvalue weighted by Crippen LogP contribution is -2.21. The number of benzene rings is 1. The van der Waals surface area contributed by atoms with Crippen molar-refractivity contribution in [1.82, 2.24) is 4.98 Å². The largest absolute Gasteiger partial charge is 0.495 e. The Morgan fingerprint density at radius 1 is 1.31 bits per heavy atom. The van der Waals surface area contributed by atoms with Crippen LogP contribution in [-0.2, 0) is 4.74 Å². The minimum absolute atomic E-state index is 0.260. The molecule has 6 nitrogen and oxygen atoms in total. The predicted molar refractivity (Wildman–Crippen MR) is 99.2 cm³/mol. The van der Waals surface area contributed by atoms with E-state index in [4.69, 9.17) is 25.8 Å². The van der Waals surface area contributed by atoms with E-state index in [0.717, 1.165) is 26.1 Å². The van der Waals surface area contributed by atoms with Gasteiger partial charge in [0.2, 0.25) is 5.88 Å². The minimum Gasteiger partial charge on any atom is -0.495 e. The van der Waals surface area contributed by atoms with Crippen LogP contribution in [0.25, 0.3) is 0 Å². The summed E-state index contributed by atoms with van der Waals surface area (Å²) in [5, 5.41) is 3.24. The van der Waals surface area contributed by atoms with Crippen molar-refractivity contribution in [2.75, 3.05) is 32.2 Å². The van der Waals surface area contributed by atoms with Crippen LogP contribution in [0.3, 0.4) is 0 Å². The fourth-order valence-corrected chi connectivity index (χ4v) is 2.95. The van der Waals surface area contributed by atoms with Gasteiger partial charge in [0.15, 0.2) is 0 Å². The first-order chi connectivity index (χ1) is 12.7. The molecule has 0 bridgehead atoms. The van der Waals surface area contributed by atoms with E-state index in [2.05, 4.69) is 10.3 Å². The maximum Gasteiger partial charge on any atom is 0.255 e. The van der Waals surface area contributed by atoms with E-state index in [-0.39, 0.29) is 5.91 Å². The van der Waals surface area contributed by atoms with Crippen molar-refractivity contribution in [2.45, 2.75) is 12.8 Å². The number of anilines is 1. The first-order valence-corrected chi connectivity index (χ1v) is 8.85. The highest BCUT2D eigenvalue weighted by Gasteiger charge is 2.15. The second kappa shape index (κ2) is 8.87. The Hall–Kier alpha value is -2.31. The van der Waals surface area contributed by atoms with Gasteiger partial charge in [-0.15, -0.1) is 0 Å². The number of amides is 1. The number of carbonyl (C=O) groups is 1. The SMILES string of the molecule is COc1ccc(NC(=O)c2ccnc(OCC3CCOCC3)c2)cc1Cl. The average Bonchev–Trinajstić information content (AvgIpc) is 2.67. The van der Waals surface area contributed by atoms with E-state index in [1.807, 2.05) is 0 Å². The molecule has 7 heteroatoms. The summed E-state index contributed by atoms with van der Waals surface area (Å²) in [7, 11) is 1.54. The minimum atomic E-state index is -0.260. The van der Waals surface area contributed by atoms with E-state index in [0.29, 0.717) is 40.4 Å². The van der Waals surface area contributed by atoms with Gasteiger partial charge in [0.1, 0.15) is 5.75 Å². The smallest absolute Gasteiger partial charge is 0.255 e. The van der Waals surface area contributed by atoms with Crippen LogP contribution < -0.4 is 14.8 Å². The molecule has 0 spiro atoms. The van der Waals surface area contributed by atoms with E-state index >= 15 is 0 Å². The zero-order valence-electron chi connectivity index (χ0n) is 14.5. The molecule has 1 saturated heterocycles. The number of hydrogen-bond acceptors (Lipinski definition) is 5. The zero-order valence-corrected chi connectivity index (χ0v) is 15.3. The van der Waals surface area contributed by atoms with Crippen molar-refractivity contribution >= 4 is 23.2 Å². The third-order valence-corrected chi connectivity index (χ3v) is 4.51. The van der Waals surface area contributed by atoms with Gasteiger partial charge in [-0.05, 0) is 43.0 Å². The number of halogens is 1. The second-order valence-corrected chi connectivity index (χ2v) is 6.46. The summed E-state index contributed by atoms with van der Waals surface area (Å²) >= 11 is 6.08. The Morgan fingerprint density at radius 2 is 2.12 bits per heavy atom. The van der Waals surface area contributed by atoms with E-state index in [9.17, 15) is 4.79 Å². The maximum atomic E-state index is 12.5. The summed E-state index contributed by atoms with van der Waals surface area (Å²) in [6.45, 7) is 2.12. The van der Waals surface area contributed by atoms with Crippen LogP contribution in [0.4, 0.5) is 5.69 Å². The van der Waals surface area contributed by atoms with Crippen LogP contribution in [0.1, 0.15) is 23.2 Å². The summed E-state index contributed by atoms with van der Waals surface area (Å²) in [6, 6.07) is 8.35. The maximum absolute atomic E-state index is 12.5. The fourth-order valence-electron chi connectivity index (χ4n) is 2.69. The van der Waals surface area contributed by atoms with Crippen LogP contribution >= 0.6 is 11.6 Å². The molecule has 0 aliphatic carbocycles. The molecule has 0 unspecified atom stereocenters. The van der Waals surface area contributed by atoms with Crippen molar-refractivity contribution in [3.05, 3.63) is 47.1 Å². The summed E-state index contributed by atoms with van der Waals surface area (Å²) < 4.78 is 16.2. The number of rotatable bonds is 6. The molecule has 2 heterocycles. The molecule has 1 amide bonds. The summed E-state index contributed by atoms with van der Waals surface area (Å²) in [5.74, 6) is 1.20. The molecule has 1 aliphatic rings. The molecule has 2 aromatic rings. The highest BCUT2D eigenvalue weighted by Crippen LogP contribution is 2.27. The molecular weight excluding hydrogens is 356 g/mol. The average molecular weight is 377 g/mol. The van der Waals surface area contributed by atoms with Gasteiger partial charge in [-0.3, -0.25) is 4.79 Å². The number of aromatic nitrogens is 1. The highest BCUT2D eigenvalue weighted by atomic mass is 35.5. The van der Waals surface area contributed by atoms with Crippen LogP contribution in [-0.4, -0.2) is 37.8 Å². The van der Waals surface area contributed by atoms with E-state index < -0.39 is 0 Å². The van der Waals surface area contributed by atoms with Crippen LogP contribution in [0.5, 0.6) is 11.6 Å². The van der Waals surface area contributed by atoms with Gasteiger partial charge >= 0.3 is 0 Å². The van der Waals surface area contributed by atoms with Crippen LogP contribution in [0.15, 0.2) is 36.5 Å². The molecule has 138 valence electrons. The van der Waals surface area contributed by atoms with Gasteiger partial charge in [-0.25, -0.2) is 4.98 Å². The molecule has 1 fully saturated rings. The van der Waals surface area contributed by atoms with Gasteiger partial charge in [0.05, 0.1) is 18.7 Å². The summed E-state index contributed by atoms with van der Waals surface area (Å²) in [6.07, 6.45) is 3.53. The van der Waals surface area contributed by atoms with E-state index in [1.165, 1.54) is 7.11 Å². The summed E-state index contributed by atoms with van der Waals surface area (Å²) in [5.41, 5.74) is 1.05. The van der Waals surface area contributed by atoms with Gasteiger partial charge in [0, 0.05) is 36.7 Å². The number of carbonyl (C=O) groups excluding carboxylic acids is 1. The Labute approximate surface area is 157 Å². The molecule has 0 radical (unpaired) electrons. The first kappa shape index (κ1) is 18.5. The molecule has 1 aromatic carbocycles. The number of nitrogens with zero attached hydrogens (tertiary/aromatic N) is 1. The Morgan fingerprint density at radius 3 is 2.85 bits per heavy atom. The second-order valence-electron chi connectivity index (χ2n) is 6.05. The third-order valence-electron chi connectivity index (χ3n) is 4.21. The lowest BCUT2D eigenvalue weighted by molar-refractivity contribution is 0.0490. The van der Waals surface area contributed by atoms with Gasteiger partial charge in [-0.1, -0.05) is 11.6 Å². The molecule has 0 saturated carbocycles. The molecule has 26 heavy (non-hydrogen) atoms. The molecule has 1 aromatic heterocycles. The molecular formula is C19H21ClN2O4. The fraction of sp³-hybridized carbons (Fsp3) is 0.368. The van der Waals surface area contributed by atoms with Crippen molar-refractivity contribution in [3.63, 3.8) is 0 Å². The Bertz CT molecular complexity index is 763. The Kier molecular flexibility index (Phi) is 6.30. The number of methoxy groups -OCH3 is 1. The van der Waals surface area contributed by atoms with Crippen LogP contribution in [0.2, 0.25) is 5.02 Å². The lowest BCUT2D eigenvalue weighted by atomic mass is 10.0. The van der Waals surface area contributed by atoms with Crippen molar-refractivity contribution in [2.24, 2.45) is 5.92 Å². The highest BCUT2D eigenvalue weighted by molar-refractivity contribution is 6.32. The molecule has 3 rings (SSSR count). The van der Waals surface area contributed by atoms with Crippen molar-refractivity contribution < 1.29 is 19.0 Å². The number of nitrogens with one attached hydrogen (secondary N) is 1. The number of hydrogen-bond donors (Lipinski definition) is 1. The molecule has 1 N–H and O–H groups in total. The lowest BCUT2D eigenvalue weighted by Gasteiger charge is -2.21. The van der Waals surface area contributed by atoms with Gasteiger partial charge in [-0.2, -0.15) is 0 Å². The van der Waals surface area contributed by atoms with Gasteiger partial charge in [0.25, 0.3) is 5.91 Å². The van der Waals surface area contributed by atoms with Gasteiger partial charge < -0.3 is 19.5 Å². The first-order valence-electron chi connectivity index (χ1n) is 8.47.